The molecule has 5 nitrogen and oxygen atoms in total. The Balaban J connectivity index is 1.83. The fraction of sp³-hybridized carbons (Fsp3) is 0.714. The van der Waals surface area contributed by atoms with Gasteiger partial charge < -0.3 is 5.32 Å². The fourth-order valence-electron chi connectivity index (χ4n) is 1.47. The molecule has 1 unspecified atom stereocenters. The van der Waals surface area contributed by atoms with Crippen LogP contribution in [0.3, 0.4) is 0 Å². The zero-order chi connectivity index (χ0) is 10.0. The Labute approximate surface area is 86.6 Å². The van der Waals surface area contributed by atoms with Crippen LogP contribution in [0.5, 0.6) is 0 Å². The molecule has 1 N–H and O–H groups in total. The summed E-state index contributed by atoms with van der Waals surface area (Å²) in [7, 11) is -2.78. The van der Waals surface area contributed by atoms with Crippen molar-refractivity contribution in [2.45, 2.75) is 19.0 Å². The van der Waals surface area contributed by atoms with Gasteiger partial charge in [-0.1, -0.05) is 4.49 Å². The topological polar surface area (TPSA) is 72.0 Å². The lowest BCUT2D eigenvalue weighted by atomic mass is 10.2. The summed E-state index contributed by atoms with van der Waals surface area (Å²) in [6.07, 6.45) is 0.708. The molecule has 0 aromatic carbocycles. The predicted molar refractivity (Wildman–Crippen MR) is 53.8 cm³/mol. The van der Waals surface area contributed by atoms with Gasteiger partial charge in [-0.15, -0.1) is 5.10 Å². The SMILES string of the molecule is O=S1(=O)CCC(NCc2csnn2)C1. The minimum Gasteiger partial charge on any atom is -0.307 e. The van der Waals surface area contributed by atoms with Crippen molar-refractivity contribution in [3.63, 3.8) is 0 Å². The van der Waals surface area contributed by atoms with Crippen LogP contribution in [-0.4, -0.2) is 35.6 Å². The molecule has 1 aliphatic rings. The molecule has 0 saturated carbocycles. The van der Waals surface area contributed by atoms with Crippen molar-refractivity contribution in [3.8, 4) is 0 Å². The first kappa shape index (κ1) is 10.0. The van der Waals surface area contributed by atoms with Crippen LogP contribution < -0.4 is 5.32 Å². The van der Waals surface area contributed by atoms with Crippen molar-refractivity contribution in [3.05, 3.63) is 11.1 Å². The van der Waals surface area contributed by atoms with E-state index in [0.717, 1.165) is 5.69 Å². The Hall–Kier alpha value is -0.530. The Morgan fingerprint density at radius 3 is 3.07 bits per heavy atom. The maximum Gasteiger partial charge on any atom is 0.151 e. The molecule has 1 aliphatic heterocycles. The highest BCUT2D eigenvalue weighted by molar-refractivity contribution is 7.91. The summed E-state index contributed by atoms with van der Waals surface area (Å²) < 4.78 is 26.0. The van der Waals surface area contributed by atoms with E-state index in [1.54, 1.807) is 0 Å². The van der Waals surface area contributed by atoms with Gasteiger partial charge in [-0.2, -0.15) is 0 Å². The zero-order valence-corrected chi connectivity index (χ0v) is 9.14. The molecule has 78 valence electrons. The minimum absolute atomic E-state index is 0.0849. The van der Waals surface area contributed by atoms with Crippen LogP contribution in [0.25, 0.3) is 0 Å². The second-order valence-electron chi connectivity index (χ2n) is 3.38. The third kappa shape index (κ3) is 2.49. The van der Waals surface area contributed by atoms with Gasteiger partial charge in [0.1, 0.15) is 0 Å². The molecular formula is C7H11N3O2S2. The van der Waals surface area contributed by atoms with Gasteiger partial charge in [0.25, 0.3) is 0 Å². The maximum absolute atomic E-state index is 11.1. The number of rotatable bonds is 3. The van der Waals surface area contributed by atoms with E-state index in [1.807, 2.05) is 5.38 Å². The van der Waals surface area contributed by atoms with Crippen LogP contribution in [0.15, 0.2) is 5.38 Å². The lowest BCUT2D eigenvalue weighted by molar-refractivity contribution is 0.548. The lowest BCUT2D eigenvalue weighted by Gasteiger charge is -2.07. The quantitative estimate of drug-likeness (QED) is 0.784. The average molecular weight is 233 g/mol. The fourth-order valence-corrected chi connectivity index (χ4v) is 3.63. The summed E-state index contributed by atoms with van der Waals surface area (Å²) in [4.78, 5) is 0. The van der Waals surface area contributed by atoms with Gasteiger partial charge in [0.05, 0.1) is 17.2 Å². The molecule has 0 amide bonds. The van der Waals surface area contributed by atoms with E-state index in [2.05, 4.69) is 14.9 Å². The predicted octanol–water partition coefficient (Wildman–Crippen LogP) is -0.185. The minimum atomic E-state index is -2.78. The molecule has 1 fully saturated rings. The highest BCUT2D eigenvalue weighted by atomic mass is 32.2. The van der Waals surface area contributed by atoms with Crippen LogP contribution in [0, 0.1) is 0 Å². The summed E-state index contributed by atoms with van der Waals surface area (Å²) in [6.45, 7) is 0.608. The molecule has 1 saturated heterocycles. The van der Waals surface area contributed by atoms with Crippen molar-refractivity contribution >= 4 is 21.4 Å². The summed E-state index contributed by atoms with van der Waals surface area (Å²) >= 11 is 1.30. The summed E-state index contributed by atoms with van der Waals surface area (Å²) in [6, 6.07) is 0.0849. The second-order valence-corrected chi connectivity index (χ2v) is 6.22. The highest BCUT2D eigenvalue weighted by Gasteiger charge is 2.27. The van der Waals surface area contributed by atoms with Gasteiger partial charge in [-0.05, 0) is 18.0 Å². The van der Waals surface area contributed by atoms with Crippen molar-refractivity contribution in [1.82, 2.24) is 14.9 Å². The van der Waals surface area contributed by atoms with E-state index in [0.29, 0.717) is 18.7 Å². The van der Waals surface area contributed by atoms with E-state index in [9.17, 15) is 8.42 Å². The number of aromatic nitrogens is 2. The Bertz CT molecular complexity index is 387. The third-order valence-electron chi connectivity index (χ3n) is 2.21. The van der Waals surface area contributed by atoms with Gasteiger partial charge in [0.15, 0.2) is 9.84 Å². The number of nitrogens with zero attached hydrogens (tertiary/aromatic N) is 2. The van der Waals surface area contributed by atoms with Crippen LogP contribution in [0.4, 0.5) is 0 Å². The van der Waals surface area contributed by atoms with Crippen LogP contribution in [0.1, 0.15) is 12.1 Å². The molecule has 14 heavy (non-hydrogen) atoms. The van der Waals surface area contributed by atoms with E-state index < -0.39 is 9.84 Å². The maximum atomic E-state index is 11.1. The van der Waals surface area contributed by atoms with Crippen LogP contribution >= 0.6 is 11.5 Å². The first-order valence-corrected chi connectivity index (χ1v) is 7.01. The summed E-state index contributed by atoms with van der Waals surface area (Å²) in [5, 5.41) is 8.89. The van der Waals surface area contributed by atoms with Crippen molar-refractivity contribution in [2.75, 3.05) is 11.5 Å². The van der Waals surface area contributed by atoms with Crippen molar-refractivity contribution in [1.29, 1.82) is 0 Å². The normalized spacial score (nSPS) is 25.3. The Morgan fingerprint density at radius 2 is 2.50 bits per heavy atom. The molecule has 0 spiro atoms. The molecule has 0 radical (unpaired) electrons. The van der Waals surface area contributed by atoms with E-state index >= 15 is 0 Å². The molecule has 1 atom stereocenters. The zero-order valence-electron chi connectivity index (χ0n) is 7.51. The van der Waals surface area contributed by atoms with E-state index in [-0.39, 0.29) is 11.8 Å². The molecule has 0 aliphatic carbocycles. The first-order valence-electron chi connectivity index (χ1n) is 4.35. The summed E-state index contributed by atoms with van der Waals surface area (Å²) in [5.41, 5.74) is 0.874. The summed E-state index contributed by atoms with van der Waals surface area (Å²) in [5.74, 6) is 0.560. The van der Waals surface area contributed by atoms with Crippen molar-refractivity contribution < 1.29 is 8.42 Å². The molecule has 7 heteroatoms. The number of nitrogens with one attached hydrogen (secondary N) is 1. The molecule has 2 heterocycles. The van der Waals surface area contributed by atoms with Gasteiger partial charge in [-0.25, -0.2) is 8.42 Å². The van der Waals surface area contributed by atoms with Crippen LogP contribution in [-0.2, 0) is 16.4 Å². The smallest absolute Gasteiger partial charge is 0.151 e. The first-order chi connectivity index (χ1) is 6.66. The van der Waals surface area contributed by atoms with Gasteiger partial charge in [-0.3, -0.25) is 0 Å². The number of sulfone groups is 1. The molecule has 1 aromatic heterocycles. The third-order valence-corrected chi connectivity index (χ3v) is 4.53. The lowest BCUT2D eigenvalue weighted by Crippen LogP contribution is -2.29. The Morgan fingerprint density at radius 1 is 1.64 bits per heavy atom. The van der Waals surface area contributed by atoms with Gasteiger partial charge in [0.2, 0.25) is 0 Å². The van der Waals surface area contributed by atoms with Gasteiger partial charge >= 0.3 is 0 Å². The number of hydrogen-bond acceptors (Lipinski definition) is 6. The van der Waals surface area contributed by atoms with E-state index in [1.165, 1.54) is 11.5 Å². The van der Waals surface area contributed by atoms with Crippen LogP contribution in [0.2, 0.25) is 0 Å². The highest BCUT2D eigenvalue weighted by Crippen LogP contribution is 2.11. The largest absolute Gasteiger partial charge is 0.307 e. The van der Waals surface area contributed by atoms with Crippen molar-refractivity contribution in [2.24, 2.45) is 0 Å². The number of hydrogen-bond donors (Lipinski definition) is 1. The molecule has 2 rings (SSSR count). The Kier molecular flexibility index (Phi) is 2.80. The van der Waals surface area contributed by atoms with E-state index in [4.69, 9.17) is 0 Å². The molecule has 0 bridgehead atoms. The molecule has 1 aromatic rings. The monoisotopic (exact) mass is 233 g/mol. The second kappa shape index (κ2) is 3.92. The standard InChI is InChI=1S/C7H11N3O2S2/c11-14(12)2-1-6(5-14)8-3-7-4-13-10-9-7/h4,6,8H,1-3,5H2. The average Bonchev–Trinajstić information content (AvgIpc) is 2.70. The van der Waals surface area contributed by atoms with Gasteiger partial charge in [0, 0.05) is 18.0 Å². The molecular weight excluding hydrogens is 222 g/mol.